The lowest BCUT2D eigenvalue weighted by atomic mass is 9.95. The Balaban J connectivity index is 2.94. The normalized spacial score (nSPS) is 11.4. The second-order valence-electron chi connectivity index (χ2n) is 4.39. The van der Waals surface area contributed by atoms with Crippen molar-refractivity contribution in [3.63, 3.8) is 0 Å². The minimum absolute atomic E-state index is 0.0565. The van der Waals surface area contributed by atoms with Crippen molar-refractivity contribution >= 4 is 34.5 Å². The summed E-state index contributed by atoms with van der Waals surface area (Å²) in [5, 5.41) is 3.07. The van der Waals surface area contributed by atoms with Gasteiger partial charge in [0.25, 0.3) is 5.91 Å². The summed E-state index contributed by atoms with van der Waals surface area (Å²) in [6.07, 6.45) is 1.82. The number of rotatable bonds is 4. The largest absolute Gasteiger partial charge is 0.347 e. The highest BCUT2D eigenvalue weighted by molar-refractivity contribution is 9.10. The van der Waals surface area contributed by atoms with Crippen LogP contribution in [0.25, 0.3) is 0 Å². The zero-order valence-corrected chi connectivity index (χ0v) is 12.9. The molecule has 0 aliphatic carbocycles. The Labute approximate surface area is 117 Å². The summed E-state index contributed by atoms with van der Waals surface area (Å²) in [5.41, 5.74) is 0.481. The molecule has 0 atom stereocenters. The number of carbonyl (C=O) groups excluding carboxylic acids is 1. The van der Waals surface area contributed by atoms with E-state index in [9.17, 15) is 4.79 Å². The summed E-state index contributed by atoms with van der Waals surface area (Å²) >= 11 is 7.64. The van der Waals surface area contributed by atoms with Gasteiger partial charge >= 0.3 is 0 Å². The average Bonchev–Trinajstić information content (AvgIpc) is 2.32. The number of hydrogen-bond donors (Lipinski definition) is 2. The molecule has 0 radical (unpaired) electrons. The van der Waals surface area contributed by atoms with Crippen molar-refractivity contribution in [2.45, 2.75) is 44.0 Å². The fourth-order valence-corrected chi connectivity index (χ4v) is 2.09. The molecular weight excluding hydrogens is 298 g/mol. The van der Waals surface area contributed by atoms with E-state index in [0.29, 0.717) is 5.56 Å². The third-order valence-electron chi connectivity index (χ3n) is 3.17. The van der Waals surface area contributed by atoms with Gasteiger partial charge in [0.15, 0.2) is 0 Å². The van der Waals surface area contributed by atoms with Crippen LogP contribution >= 0.6 is 28.6 Å². The van der Waals surface area contributed by atoms with Crippen LogP contribution in [-0.2, 0) is 0 Å². The van der Waals surface area contributed by atoms with Crippen LogP contribution in [0.4, 0.5) is 0 Å². The van der Waals surface area contributed by atoms with Crippen LogP contribution in [0.1, 0.15) is 44.0 Å². The molecule has 2 nitrogen and oxygen atoms in total. The van der Waals surface area contributed by atoms with Crippen LogP contribution in [0, 0.1) is 0 Å². The zero-order chi connectivity index (χ0) is 13.1. The topological polar surface area (TPSA) is 29.1 Å². The van der Waals surface area contributed by atoms with E-state index in [4.69, 9.17) is 0 Å². The van der Waals surface area contributed by atoms with Crippen molar-refractivity contribution < 1.29 is 4.79 Å². The fraction of sp³-hybridized carbons (Fsp3) is 0.462. The van der Waals surface area contributed by atoms with Crippen LogP contribution < -0.4 is 5.32 Å². The van der Waals surface area contributed by atoms with E-state index in [0.717, 1.165) is 22.2 Å². The molecule has 94 valence electrons. The number of nitrogens with one attached hydrogen (secondary N) is 1. The van der Waals surface area contributed by atoms with E-state index in [1.807, 2.05) is 12.1 Å². The Morgan fingerprint density at radius 2 is 2.00 bits per heavy atom. The smallest absolute Gasteiger partial charge is 0.252 e. The number of hydrogen-bond acceptors (Lipinski definition) is 2. The lowest BCUT2D eigenvalue weighted by Gasteiger charge is -2.28. The molecule has 0 aliphatic heterocycles. The highest BCUT2D eigenvalue weighted by Crippen LogP contribution is 2.22. The second-order valence-corrected chi connectivity index (χ2v) is 5.76. The first-order valence-corrected chi connectivity index (χ1v) is 6.97. The van der Waals surface area contributed by atoms with Crippen molar-refractivity contribution in [1.82, 2.24) is 5.32 Å². The molecule has 1 amide bonds. The second kappa shape index (κ2) is 5.91. The zero-order valence-electron chi connectivity index (χ0n) is 10.4. The summed E-state index contributed by atoms with van der Waals surface area (Å²) in [4.78, 5) is 13.0. The van der Waals surface area contributed by atoms with Crippen LogP contribution in [0.2, 0.25) is 0 Å². The van der Waals surface area contributed by atoms with Crippen LogP contribution in [0.3, 0.4) is 0 Å². The molecule has 0 fully saturated rings. The molecule has 0 bridgehead atoms. The van der Waals surface area contributed by atoms with Crippen LogP contribution in [0.15, 0.2) is 27.6 Å². The highest BCUT2D eigenvalue weighted by atomic mass is 79.9. The molecule has 0 unspecified atom stereocenters. The van der Waals surface area contributed by atoms with Crippen LogP contribution in [0.5, 0.6) is 0 Å². The number of halogens is 1. The Morgan fingerprint density at radius 1 is 1.41 bits per heavy atom. The Bertz CT molecular complexity index is 416. The van der Waals surface area contributed by atoms with Gasteiger partial charge in [-0.1, -0.05) is 13.8 Å². The van der Waals surface area contributed by atoms with Gasteiger partial charge in [-0.05, 0) is 53.9 Å². The molecule has 1 N–H and O–H groups in total. The van der Waals surface area contributed by atoms with Crippen molar-refractivity contribution in [3.8, 4) is 0 Å². The van der Waals surface area contributed by atoms with Gasteiger partial charge in [0.1, 0.15) is 0 Å². The monoisotopic (exact) mass is 315 g/mol. The summed E-state index contributed by atoms with van der Waals surface area (Å²) in [7, 11) is 0. The maximum absolute atomic E-state index is 12.2. The quantitative estimate of drug-likeness (QED) is 0.806. The minimum Gasteiger partial charge on any atom is -0.347 e. The maximum Gasteiger partial charge on any atom is 0.252 e. The molecule has 1 aromatic rings. The van der Waals surface area contributed by atoms with Crippen LogP contribution in [-0.4, -0.2) is 11.4 Å². The van der Waals surface area contributed by atoms with Gasteiger partial charge in [-0.2, -0.15) is 0 Å². The molecular formula is C13H18BrNOS. The molecule has 1 aromatic carbocycles. The molecule has 0 saturated carbocycles. The first-order valence-electron chi connectivity index (χ1n) is 5.73. The van der Waals surface area contributed by atoms with Gasteiger partial charge in [-0.15, -0.1) is 12.6 Å². The summed E-state index contributed by atoms with van der Waals surface area (Å²) in [6.45, 7) is 6.21. The van der Waals surface area contributed by atoms with E-state index >= 15 is 0 Å². The number of amides is 1. The van der Waals surface area contributed by atoms with E-state index < -0.39 is 0 Å². The molecule has 0 aliphatic rings. The van der Waals surface area contributed by atoms with Gasteiger partial charge in [0.2, 0.25) is 0 Å². The molecule has 1 rings (SSSR count). The van der Waals surface area contributed by atoms with Crippen molar-refractivity contribution in [2.75, 3.05) is 0 Å². The Hall–Kier alpha value is -0.480. The lowest BCUT2D eigenvalue weighted by Crippen LogP contribution is -2.45. The molecule has 0 saturated heterocycles. The number of carbonyl (C=O) groups is 1. The van der Waals surface area contributed by atoms with Gasteiger partial charge < -0.3 is 5.32 Å². The van der Waals surface area contributed by atoms with Gasteiger partial charge in [0, 0.05) is 14.9 Å². The van der Waals surface area contributed by atoms with Crippen molar-refractivity contribution in [1.29, 1.82) is 0 Å². The highest BCUT2D eigenvalue weighted by Gasteiger charge is 2.23. The van der Waals surface area contributed by atoms with Crippen molar-refractivity contribution in [2.24, 2.45) is 0 Å². The van der Waals surface area contributed by atoms with Crippen molar-refractivity contribution in [3.05, 3.63) is 28.2 Å². The fourth-order valence-electron chi connectivity index (χ4n) is 1.46. The van der Waals surface area contributed by atoms with Gasteiger partial charge in [0.05, 0.1) is 5.56 Å². The van der Waals surface area contributed by atoms with E-state index in [2.05, 4.69) is 54.6 Å². The third kappa shape index (κ3) is 3.75. The minimum atomic E-state index is -0.150. The number of thiol groups is 1. The number of benzene rings is 1. The van der Waals surface area contributed by atoms with E-state index in [-0.39, 0.29) is 11.4 Å². The average molecular weight is 316 g/mol. The standard InChI is InChI=1S/C13H18BrNOS/c1-4-13(3,5-2)15-12(16)10-8-9(17)6-7-11(10)14/h6-8,17H,4-5H2,1-3H3,(H,15,16). The summed E-state index contributed by atoms with van der Waals surface area (Å²) < 4.78 is 0.794. The predicted molar refractivity (Wildman–Crippen MR) is 77.8 cm³/mol. The molecule has 0 aromatic heterocycles. The van der Waals surface area contributed by atoms with Gasteiger partial charge in [-0.3, -0.25) is 4.79 Å². The van der Waals surface area contributed by atoms with Gasteiger partial charge in [-0.25, -0.2) is 0 Å². The lowest BCUT2D eigenvalue weighted by molar-refractivity contribution is 0.0900. The first kappa shape index (κ1) is 14.6. The third-order valence-corrected chi connectivity index (χ3v) is 4.14. The molecule has 4 heteroatoms. The van der Waals surface area contributed by atoms with E-state index in [1.165, 1.54) is 0 Å². The SMILES string of the molecule is CCC(C)(CC)NC(=O)c1cc(S)ccc1Br. The summed E-state index contributed by atoms with van der Waals surface area (Å²) in [6, 6.07) is 5.46. The molecule has 0 spiro atoms. The van der Waals surface area contributed by atoms with E-state index in [1.54, 1.807) is 6.07 Å². The molecule has 17 heavy (non-hydrogen) atoms. The Morgan fingerprint density at radius 3 is 2.53 bits per heavy atom. The first-order chi connectivity index (χ1) is 7.91. The summed E-state index contributed by atoms with van der Waals surface area (Å²) in [5.74, 6) is -0.0565. The molecule has 0 heterocycles. The predicted octanol–water partition coefficient (Wildman–Crippen LogP) is 4.05. The Kier molecular flexibility index (Phi) is 5.07. The maximum atomic E-state index is 12.2.